The highest BCUT2D eigenvalue weighted by atomic mass is 32.1. The number of fused-ring (bicyclic) bond motifs is 10. The zero-order valence-corrected chi connectivity index (χ0v) is 34.7. The smallest absolute Gasteiger partial charge is 0.165 e. The van der Waals surface area contributed by atoms with E-state index in [1.807, 2.05) is 35.6 Å². The summed E-state index contributed by atoms with van der Waals surface area (Å²) in [5, 5.41) is 7.29. The topological polar surface area (TPSA) is 48.5 Å². The zero-order chi connectivity index (χ0) is 41.4. The number of aromatic nitrogens is 5. The molecule has 0 unspecified atom stereocenters. The molecular formula is C57H35N5S. The van der Waals surface area contributed by atoms with E-state index in [1.54, 1.807) is 0 Å². The normalized spacial score (nSPS) is 11.8. The summed E-state index contributed by atoms with van der Waals surface area (Å²) in [5.41, 5.74) is 12.2. The van der Waals surface area contributed by atoms with Crippen LogP contribution in [0.15, 0.2) is 212 Å². The van der Waals surface area contributed by atoms with Crippen LogP contribution in [0, 0.1) is 0 Å². The van der Waals surface area contributed by atoms with Crippen molar-refractivity contribution in [2.45, 2.75) is 0 Å². The quantitative estimate of drug-likeness (QED) is 0.168. The lowest BCUT2D eigenvalue weighted by Gasteiger charge is -2.14. The van der Waals surface area contributed by atoms with E-state index in [9.17, 15) is 0 Å². The largest absolute Gasteiger partial charge is 0.307 e. The Morgan fingerprint density at radius 3 is 1.48 bits per heavy atom. The highest BCUT2D eigenvalue weighted by Gasteiger charge is 2.24. The van der Waals surface area contributed by atoms with Crippen LogP contribution >= 0.6 is 11.3 Å². The summed E-state index contributed by atoms with van der Waals surface area (Å²) < 4.78 is 7.30. The number of nitrogens with zero attached hydrogens (tertiary/aromatic N) is 5. The molecule has 13 aromatic rings. The molecule has 13 rings (SSSR count). The molecule has 0 aliphatic carbocycles. The highest BCUT2D eigenvalue weighted by Crippen LogP contribution is 2.47. The van der Waals surface area contributed by atoms with Crippen molar-refractivity contribution in [2.75, 3.05) is 0 Å². The molecule has 0 fully saturated rings. The zero-order valence-electron chi connectivity index (χ0n) is 33.9. The van der Waals surface area contributed by atoms with E-state index in [0.29, 0.717) is 17.5 Å². The van der Waals surface area contributed by atoms with Crippen LogP contribution in [0.2, 0.25) is 0 Å². The van der Waals surface area contributed by atoms with Gasteiger partial charge >= 0.3 is 0 Å². The third-order valence-corrected chi connectivity index (χ3v) is 13.6. The molecule has 6 heteroatoms. The first-order chi connectivity index (χ1) is 31.3. The average Bonchev–Trinajstić information content (AvgIpc) is 4.03. The molecule has 0 saturated carbocycles. The molecule has 0 N–H and O–H groups in total. The summed E-state index contributed by atoms with van der Waals surface area (Å²) in [5.74, 6) is 1.93. The Bertz CT molecular complexity index is 3830. The summed E-state index contributed by atoms with van der Waals surface area (Å²) in [6.07, 6.45) is 0. The molecule has 0 spiro atoms. The molecule has 63 heavy (non-hydrogen) atoms. The first kappa shape index (κ1) is 35.6. The van der Waals surface area contributed by atoms with E-state index in [-0.39, 0.29) is 0 Å². The van der Waals surface area contributed by atoms with E-state index in [2.05, 4.69) is 197 Å². The van der Waals surface area contributed by atoms with Crippen molar-refractivity contribution in [1.82, 2.24) is 24.1 Å². The van der Waals surface area contributed by atoms with Gasteiger partial charge in [-0.3, -0.25) is 0 Å². The van der Waals surface area contributed by atoms with Gasteiger partial charge in [0.2, 0.25) is 0 Å². The van der Waals surface area contributed by atoms with Gasteiger partial charge in [0.05, 0.1) is 32.5 Å². The molecule has 0 amide bonds. The fraction of sp³-hybridized carbons (Fsp3) is 0. The Morgan fingerprint density at radius 2 is 0.778 bits per heavy atom. The first-order valence-electron chi connectivity index (χ1n) is 21.2. The minimum Gasteiger partial charge on any atom is -0.307 e. The molecule has 4 heterocycles. The minimum atomic E-state index is 0.640. The Labute approximate surface area is 366 Å². The van der Waals surface area contributed by atoms with Gasteiger partial charge in [0.15, 0.2) is 17.5 Å². The summed E-state index contributed by atoms with van der Waals surface area (Å²) in [6, 6.07) is 75.4. The van der Waals surface area contributed by atoms with E-state index in [4.69, 9.17) is 15.0 Å². The van der Waals surface area contributed by atoms with Crippen molar-refractivity contribution in [1.29, 1.82) is 0 Å². The molecule has 0 aliphatic rings. The standard InChI is InChI=1S/C57H35N5S/c1-4-16-36(17-5-1)37-30-32-39(33-31-37)56-58-55(38-18-6-2-7-19-38)59-57(60-56)47-26-14-25-45-46-35-34-44-43-24-15-29-50(62-48-27-12-10-22-41(48)42-23-11-13-28-49(42)62)51(43)61(40-20-8-3-9-21-40)52(44)54(46)63-53(45)47/h1-35H. The maximum absolute atomic E-state index is 5.25. The number of hydrogen-bond acceptors (Lipinski definition) is 4. The Balaban J connectivity index is 1.07. The van der Waals surface area contributed by atoms with Gasteiger partial charge in [0.1, 0.15) is 0 Å². The van der Waals surface area contributed by atoms with Crippen molar-refractivity contribution in [3.8, 4) is 56.7 Å². The van der Waals surface area contributed by atoms with E-state index < -0.39 is 0 Å². The third-order valence-electron chi connectivity index (χ3n) is 12.4. The van der Waals surface area contributed by atoms with Crippen molar-refractivity contribution in [2.24, 2.45) is 0 Å². The van der Waals surface area contributed by atoms with E-state index in [0.717, 1.165) is 38.3 Å². The van der Waals surface area contributed by atoms with Crippen molar-refractivity contribution < 1.29 is 0 Å². The summed E-state index contributed by atoms with van der Waals surface area (Å²) in [6.45, 7) is 0. The third kappa shape index (κ3) is 5.59. The molecule has 0 saturated heterocycles. The molecule has 0 bridgehead atoms. The van der Waals surface area contributed by atoms with Crippen molar-refractivity contribution >= 4 is 75.1 Å². The van der Waals surface area contributed by atoms with Crippen LogP contribution in [0.5, 0.6) is 0 Å². The number of hydrogen-bond donors (Lipinski definition) is 0. The Morgan fingerprint density at radius 1 is 0.302 bits per heavy atom. The van der Waals surface area contributed by atoms with Crippen LogP contribution in [0.3, 0.4) is 0 Å². The maximum Gasteiger partial charge on any atom is 0.165 e. The molecule has 9 aromatic carbocycles. The second-order valence-corrected chi connectivity index (χ2v) is 17.0. The fourth-order valence-electron chi connectivity index (χ4n) is 9.54. The lowest BCUT2D eigenvalue weighted by Crippen LogP contribution is -2.00. The number of para-hydroxylation sites is 4. The predicted octanol–water partition coefficient (Wildman–Crippen LogP) is 15.1. The number of benzene rings is 9. The molecule has 0 atom stereocenters. The second kappa shape index (κ2) is 14.2. The van der Waals surface area contributed by atoms with Crippen LogP contribution < -0.4 is 0 Å². The number of thiophene rings is 1. The first-order valence-corrected chi connectivity index (χ1v) is 22.0. The van der Waals surface area contributed by atoms with Crippen LogP contribution in [-0.4, -0.2) is 24.1 Å². The van der Waals surface area contributed by atoms with Crippen LogP contribution in [0.4, 0.5) is 0 Å². The lowest BCUT2D eigenvalue weighted by atomic mass is 10.0. The summed E-state index contributed by atoms with van der Waals surface area (Å²) in [7, 11) is 0. The predicted molar refractivity (Wildman–Crippen MR) is 263 cm³/mol. The van der Waals surface area contributed by atoms with Gasteiger partial charge < -0.3 is 9.13 Å². The van der Waals surface area contributed by atoms with E-state index in [1.165, 1.54) is 64.6 Å². The number of rotatable bonds is 6. The molecular weight excluding hydrogens is 787 g/mol. The van der Waals surface area contributed by atoms with E-state index >= 15 is 0 Å². The van der Waals surface area contributed by atoms with Gasteiger partial charge in [-0.05, 0) is 47.5 Å². The average molecular weight is 822 g/mol. The molecule has 0 radical (unpaired) electrons. The maximum atomic E-state index is 5.25. The van der Waals surface area contributed by atoms with Gasteiger partial charge in [0.25, 0.3) is 0 Å². The Kier molecular flexibility index (Phi) is 8.01. The molecule has 4 aromatic heterocycles. The minimum absolute atomic E-state index is 0.640. The fourth-order valence-corrected chi connectivity index (χ4v) is 10.9. The monoisotopic (exact) mass is 821 g/mol. The Hall–Kier alpha value is -8.19. The summed E-state index contributed by atoms with van der Waals surface area (Å²) in [4.78, 5) is 15.5. The highest BCUT2D eigenvalue weighted by molar-refractivity contribution is 7.27. The van der Waals surface area contributed by atoms with Gasteiger partial charge in [-0.2, -0.15) is 0 Å². The van der Waals surface area contributed by atoms with Crippen molar-refractivity contribution in [3.63, 3.8) is 0 Å². The van der Waals surface area contributed by atoms with Crippen LogP contribution in [-0.2, 0) is 0 Å². The SMILES string of the molecule is c1ccc(-c2ccc(-c3nc(-c4ccccc4)nc(-c4cccc5c4sc4c5ccc5c6cccc(-n7c8ccccc8c8ccccc87)c6n(-c6ccccc6)c54)n3)cc2)cc1. The van der Waals surface area contributed by atoms with Crippen molar-refractivity contribution in [3.05, 3.63) is 212 Å². The molecule has 5 nitrogen and oxygen atoms in total. The van der Waals surface area contributed by atoms with Gasteiger partial charge in [-0.1, -0.05) is 176 Å². The molecule has 294 valence electrons. The van der Waals surface area contributed by atoms with Crippen LogP contribution in [0.25, 0.3) is 120 Å². The molecule has 0 aliphatic heterocycles. The van der Waals surface area contributed by atoms with Gasteiger partial charge in [-0.15, -0.1) is 11.3 Å². The van der Waals surface area contributed by atoms with Gasteiger partial charge in [0, 0.05) is 59.4 Å². The van der Waals surface area contributed by atoms with Crippen LogP contribution in [0.1, 0.15) is 0 Å². The van der Waals surface area contributed by atoms with Gasteiger partial charge in [-0.25, -0.2) is 15.0 Å². The second-order valence-electron chi connectivity index (χ2n) is 16.0. The summed E-state index contributed by atoms with van der Waals surface area (Å²) >= 11 is 1.82. The lowest BCUT2D eigenvalue weighted by molar-refractivity contribution is 1.08.